The number of rotatable bonds is 3. The molecule has 1 aliphatic rings. The molecule has 0 spiro atoms. The van der Waals surface area contributed by atoms with Gasteiger partial charge in [-0.05, 0) is 6.42 Å². The molecule has 6 nitrogen and oxygen atoms in total. The molecule has 1 saturated carbocycles. The van der Waals surface area contributed by atoms with Crippen molar-refractivity contribution in [1.29, 1.82) is 0 Å². The minimum Gasteiger partial charge on any atom is -0.480 e. The summed E-state index contributed by atoms with van der Waals surface area (Å²) in [6, 6.07) is -1.20. The fourth-order valence-electron chi connectivity index (χ4n) is 1.09. The number of hydrogen-bond donors (Lipinski definition) is 3. The Labute approximate surface area is 69.1 Å². The van der Waals surface area contributed by atoms with Crippen molar-refractivity contribution in [3.05, 3.63) is 0 Å². The lowest BCUT2D eigenvalue weighted by atomic mass is 10.2. The predicted octanol–water partition coefficient (Wildman–Crippen LogP) is -1.33. The molecule has 70 valence electrons. The van der Waals surface area contributed by atoms with E-state index in [1.165, 1.54) is 0 Å². The summed E-state index contributed by atoms with van der Waals surface area (Å²) in [7, 11) is -4.10. The smallest absolute Gasteiger partial charge is 0.320 e. The summed E-state index contributed by atoms with van der Waals surface area (Å²) in [6.45, 7) is 0. The first kappa shape index (κ1) is 9.43. The van der Waals surface area contributed by atoms with E-state index in [9.17, 15) is 13.2 Å². The lowest BCUT2D eigenvalue weighted by Gasteiger charge is -2.02. The van der Waals surface area contributed by atoms with Crippen LogP contribution in [0.15, 0.2) is 0 Å². The van der Waals surface area contributed by atoms with Crippen LogP contribution in [0.25, 0.3) is 0 Å². The second-order valence-electron chi connectivity index (χ2n) is 2.82. The van der Waals surface area contributed by atoms with Crippen molar-refractivity contribution < 1.29 is 22.9 Å². The molecule has 1 fully saturated rings. The van der Waals surface area contributed by atoms with Crippen LogP contribution >= 0.6 is 0 Å². The summed E-state index contributed by atoms with van der Waals surface area (Å²) < 4.78 is 29.4. The Bertz CT molecular complexity index is 297. The molecule has 0 heterocycles. The molecule has 12 heavy (non-hydrogen) atoms. The Morgan fingerprint density at radius 1 is 1.58 bits per heavy atom. The zero-order valence-electron chi connectivity index (χ0n) is 6.04. The highest BCUT2D eigenvalue weighted by Crippen LogP contribution is 2.38. The van der Waals surface area contributed by atoms with Crippen LogP contribution < -0.4 is 5.73 Å². The number of nitrogens with two attached hydrogens (primary N) is 1. The van der Waals surface area contributed by atoms with Crippen molar-refractivity contribution in [2.24, 2.45) is 11.7 Å². The SMILES string of the molecule is N[C@@H](C(=O)O)[C@@H]1C[C@@H]1S(=O)(=O)O. The minimum absolute atomic E-state index is 0.131. The monoisotopic (exact) mass is 195 g/mol. The van der Waals surface area contributed by atoms with Gasteiger partial charge < -0.3 is 10.8 Å². The Morgan fingerprint density at radius 2 is 2.08 bits per heavy atom. The van der Waals surface area contributed by atoms with E-state index < -0.39 is 33.3 Å². The first-order valence-electron chi connectivity index (χ1n) is 3.28. The van der Waals surface area contributed by atoms with Crippen molar-refractivity contribution in [2.45, 2.75) is 17.7 Å². The van der Waals surface area contributed by atoms with Crippen LogP contribution in [0, 0.1) is 5.92 Å². The largest absolute Gasteiger partial charge is 0.480 e. The second kappa shape index (κ2) is 2.68. The van der Waals surface area contributed by atoms with Gasteiger partial charge in [-0.1, -0.05) is 0 Å². The first-order chi connectivity index (χ1) is 5.34. The van der Waals surface area contributed by atoms with E-state index in [1.807, 2.05) is 0 Å². The summed E-state index contributed by atoms with van der Waals surface area (Å²) in [4.78, 5) is 10.3. The van der Waals surface area contributed by atoms with Gasteiger partial charge in [0.1, 0.15) is 6.04 Å². The van der Waals surface area contributed by atoms with Crippen molar-refractivity contribution >= 4 is 16.1 Å². The summed E-state index contributed by atoms with van der Waals surface area (Å²) >= 11 is 0. The van der Waals surface area contributed by atoms with Gasteiger partial charge in [0.25, 0.3) is 10.1 Å². The maximum atomic E-state index is 10.4. The van der Waals surface area contributed by atoms with Crippen LogP contribution in [0.3, 0.4) is 0 Å². The van der Waals surface area contributed by atoms with E-state index in [2.05, 4.69) is 0 Å². The fourth-order valence-corrected chi connectivity index (χ4v) is 2.17. The van der Waals surface area contributed by atoms with Gasteiger partial charge in [-0.2, -0.15) is 8.42 Å². The van der Waals surface area contributed by atoms with E-state index in [0.29, 0.717) is 0 Å². The van der Waals surface area contributed by atoms with Gasteiger partial charge in [0.2, 0.25) is 0 Å². The highest BCUT2D eigenvalue weighted by Gasteiger charge is 2.52. The second-order valence-corrected chi connectivity index (χ2v) is 4.45. The van der Waals surface area contributed by atoms with Crippen LogP contribution in [-0.4, -0.2) is 35.3 Å². The normalized spacial score (nSPS) is 31.2. The van der Waals surface area contributed by atoms with Gasteiger partial charge in [0.05, 0.1) is 5.25 Å². The zero-order chi connectivity index (χ0) is 9.52. The van der Waals surface area contributed by atoms with Crippen molar-refractivity contribution in [1.82, 2.24) is 0 Å². The summed E-state index contributed by atoms with van der Waals surface area (Å²) in [5.41, 5.74) is 5.13. The van der Waals surface area contributed by atoms with E-state index in [-0.39, 0.29) is 6.42 Å². The maximum Gasteiger partial charge on any atom is 0.320 e. The summed E-state index contributed by atoms with van der Waals surface area (Å²) in [5.74, 6) is -1.89. The number of hydrogen-bond acceptors (Lipinski definition) is 4. The molecule has 3 atom stereocenters. The molecule has 0 radical (unpaired) electrons. The van der Waals surface area contributed by atoms with Crippen LogP contribution in [0.1, 0.15) is 6.42 Å². The molecule has 0 bridgehead atoms. The quantitative estimate of drug-likeness (QED) is 0.480. The molecule has 0 aliphatic heterocycles. The Morgan fingerprint density at radius 3 is 2.33 bits per heavy atom. The molecule has 0 aromatic carbocycles. The predicted molar refractivity (Wildman–Crippen MR) is 39.1 cm³/mol. The van der Waals surface area contributed by atoms with Gasteiger partial charge >= 0.3 is 5.97 Å². The topological polar surface area (TPSA) is 118 Å². The molecule has 0 aromatic heterocycles. The molecular weight excluding hydrogens is 186 g/mol. The minimum atomic E-state index is -4.10. The van der Waals surface area contributed by atoms with E-state index in [0.717, 1.165) is 0 Å². The lowest BCUT2D eigenvalue weighted by Crippen LogP contribution is -2.34. The standard InChI is InChI=1S/C5H9NO5S/c6-4(5(7)8)2-1-3(2)12(9,10)11/h2-4H,1,6H2,(H,7,8)(H,9,10,11)/t2-,3+,4-/m1/s1. The fraction of sp³-hybridized carbons (Fsp3) is 0.800. The third-order valence-corrected chi connectivity index (χ3v) is 3.22. The van der Waals surface area contributed by atoms with Crippen LogP contribution in [0.2, 0.25) is 0 Å². The summed E-state index contributed by atoms with van der Waals surface area (Å²) in [5, 5.41) is 7.39. The lowest BCUT2D eigenvalue weighted by molar-refractivity contribution is -0.139. The molecule has 0 amide bonds. The highest BCUT2D eigenvalue weighted by molar-refractivity contribution is 7.86. The van der Waals surface area contributed by atoms with E-state index in [4.69, 9.17) is 15.4 Å². The Hall–Kier alpha value is -0.660. The molecule has 1 rings (SSSR count). The third-order valence-electron chi connectivity index (χ3n) is 1.91. The zero-order valence-corrected chi connectivity index (χ0v) is 6.86. The number of aliphatic carboxylic acids is 1. The summed E-state index contributed by atoms with van der Waals surface area (Å²) in [6.07, 6.45) is 0.131. The van der Waals surface area contributed by atoms with Crippen LogP contribution in [-0.2, 0) is 14.9 Å². The van der Waals surface area contributed by atoms with Crippen LogP contribution in [0.4, 0.5) is 0 Å². The van der Waals surface area contributed by atoms with Crippen molar-refractivity contribution in [3.8, 4) is 0 Å². The first-order valence-corrected chi connectivity index (χ1v) is 4.79. The molecule has 4 N–H and O–H groups in total. The molecule has 0 unspecified atom stereocenters. The van der Waals surface area contributed by atoms with Gasteiger partial charge in [-0.3, -0.25) is 9.35 Å². The molecular formula is C5H9NO5S. The Balaban J connectivity index is 2.60. The van der Waals surface area contributed by atoms with Crippen molar-refractivity contribution in [3.63, 3.8) is 0 Å². The third kappa shape index (κ3) is 1.74. The molecule has 0 saturated heterocycles. The average Bonchev–Trinajstić information content (AvgIpc) is 2.61. The number of carboxylic acid groups (broad SMARTS) is 1. The highest BCUT2D eigenvalue weighted by atomic mass is 32.2. The molecule has 0 aromatic rings. The molecule has 7 heteroatoms. The number of carbonyl (C=O) groups is 1. The average molecular weight is 195 g/mol. The van der Waals surface area contributed by atoms with Gasteiger partial charge in [-0.25, -0.2) is 0 Å². The Kier molecular flexibility index (Phi) is 2.11. The van der Waals surface area contributed by atoms with E-state index >= 15 is 0 Å². The van der Waals surface area contributed by atoms with Gasteiger partial charge in [0.15, 0.2) is 0 Å². The van der Waals surface area contributed by atoms with Gasteiger partial charge in [-0.15, -0.1) is 0 Å². The van der Waals surface area contributed by atoms with Crippen molar-refractivity contribution in [2.75, 3.05) is 0 Å². The van der Waals surface area contributed by atoms with E-state index in [1.54, 1.807) is 0 Å². The molecule has 1 aliphatic carbocycles. The maximum absolute atomic E-state index is 10.4. The van der Waals surface area contributed by atoms with Gasteiger partial charge in [0, 0.05) is 5.92 Å². The number of carboxylic acids is 1. The van der Waals surface area contributed by atoms with Crippen LogP contribution in [0.5, 0.6) is 0 Å².